The molecule has 0 aliphatic heterocycles. The third-order valence-corrected chi connectivity index (χ3v) is 2.36. The van der Waals surface area contributed by atoms with Crippen molar-refractivity contribution in [1.29, 1.82) is 0 Å². The predicted octanol–water partition coefficient (Wildman–Crippen LogP) is 0.879. The first-order chi connectivity index (χ1) is 8.45. The van der Waals surface area contributed by atoms with E-state index in [-0.39, 0.29) is 12.2 Å². The summed E-state index contributed by atoms with van der Waals surface area (Å²) in [6.45, 7) is 1.79. The van der Waals surface area contributed by atoms with Crippen LogP contribution in [0, 0.1) is 5.82 Å². The molecule has 0 aliphatic carbocycles. The third kappa shape index (κ3) is 3.68. The van der Waals surface area contributed by atoms with Gasteiger partial charge in [-0.05, 0) is 19.1 Å². The predicted molar refractivity (Wildman–Crippen MR) is 60.3 cm³/mol. The van der Waals surface area contributed by atoms with E-state index in [1.807, 2.05) is 0 Å². The largest absolute Gasteiger partial charge is 0.507 e. The number of esters is 1. The van der Waals surface area contributed by atoms with Crippen molar-refractivity contribution in [2.75, 3.05) is 6.61 Å². The van der Waals surface area contributed by atoms with Gasteiger partial charge in [0, 0.05) is 11.6 Å². The normalized spacial score (nSPS) is 14.0. The number of benzene rings is 1. The van der Waals surface area contributed by atoms with E-state index in [9.17, 15) is 24.5 Å². The number of carbonyl (C=O) groups is 1. The zero-order chi connectivity index (χ0) is 13.7. The summed E-state index contributed by atoms with van der Waals surface area (Å²) in [6.07, 6.45) is -3.33. The second-order valence-corrected chi connectivity index (χ2v) is 3.72. The van der Waals surface area contributed by atoms with Crippen molar-refractivity contribution in [3.05, 3.63) is 29.6 Å². The molecule has 1 aromatic carbocycles. The third-order valence-electron chi connectivity index (χ3n) is 2.36. The van der Waals surface area contributed by atoms with E-state index in [0.29, 0.717) is 0 Å². The lowest BCUT2D eigenvalue weighted by Gasteiger charge is -2.18. The van der Waals surface area contributed by atoms with Crippen LogP contribution in [0.2, 0.25) is 0 Å². The lowest BCUT2D eigenvalue weighted by atomic mass is 10.0. The molecule has 3 N–H and O–H groups in total. The molecule has 1 aromatic rings. The van der Waals surface area contributed by atoms with Gasteiger partial charge in [0.25, 0.3) is 0 Å². The molecular formula is C12H15FO5. The van der Waals surface area contributed by atoms with E-state index < -0.39 is 36.2 Å². The Morgan fingerprint density at radius 1 is 1.44 bits per heavy atom. The number of carbonyl (C=O) groups excluding carboxylic acids is 1. The summed E-state index contributed by atoms with van der Waals surface area (Å²) < 4.78 is 17.4. The highest BCUT2D eigenvalue weighted by atomic mass is 19.1. The molecule has 0 bridgehead atoms. The van der Waals surface area contributed by atoms with Crippen LogP contribution in [-0.4, -0.2) is 34.0 Å². The maximum Gasteiger partial charge on any atom is 0.308 e. The zero-order valence-corrected chi connectivity index (χ0v) is 9.84. The van der Waals surface area contributed by atoms with Crippen LogP contribution in [0.3, 0.4) is 0 Å². The minimum absolute atomic E-state index is 0.0480. The molecule has 0 heterocycles. The molecular weight excluding hydrogens is 243 g/mol. The van der Waals surface area contributed by atoms with Crippen LogP contribution >= 0.6 is 0 Å². The topological polar surface area (TPSA) is 87.0 Å². The summed E-state index contributed by atoms with van der Waals surface area (Å²) in [5.41, 5.74) is -0.0480. The van der Waals surface area contributed by atoms with Crippen molar-refractivity contribution >= 4 is 5.97 Å². The summed E-state index contributed by atoms with van der Waals surface area (Å²) in [5.74, 6) is -1.81. The first-order valence-electron chi connectivity index (χ1n) is 5.45. The number of rotatable bonds is 5. The Hall–Kier alpha value is -1.66. The molecule has 0 saturated heterocycles. The van der Waals surface area contributed by atoms with Crippen LogP contribution in [0.1, 0.15) is 25.0 Å². The van der Waals surface area contributed by atoms with E-state index in [0.717, 1.165) is 18.2 Å². The molecule has 0 radical (unpaired) electrons. The van der Waals surface area contributed by atoms with Crippen molar-refractivity contribution < 1.29 is 29.2 Å². The highest BCUT2D eigenvalue weighted by molar-refractivity contribution is 5.70. The van der Waals surface area contributed by atoms with Crippen LogP contribution in [0.4, 0.5) is 4.39 Å². The van der Waals surface area contributed by atoms with Gasteiger partial charge in [-0.15, -0.1) is 0 Å². The lowest BCUT2D eigenvalue weighted by molar-refractivity contribution is -0.147. The van der Waals surface area contributed by atoms with Gasteiger partial charge in [0.05, 0.1) is 19.1 Å². The number of aromatic hydroxyl groups is 1. The number of aliphatic hydroxyl groups excluding tert-OH is 2. The highest BCUT2D eigenvalue weighted by Crippen LogP contribution is 2.28. The fourth-order valence-corrected chi connectivity index (χ4v) is 1.48. The number of phenols is 1. The maximum absolute atomic E-state index is 12.7. The van der Waals surface area contributed by atoms with Crippen LogP contribution in [-0.2, 0) is 9.53 Å². The molecule has 100 valence electrons. The average molecular weight is 258 g/mol. The van der Waals surface area contributed by atoms with Gasteiger partial charge in [0.1, 0.15) is 17.7 Å². The van der Waals surface area contributed by atoms with Gasteiger partial charge in [-0.2, -0.15) is 0 Å². The van der Waals surface area contributed by atoms with Gasteiger partial charge >= 0.3 is 5.97 Å². The highest BCUT2D eigenvalue weighted by Gasteiger charge is 2.24. The molecule has 0 spiro atoms. The second kappa shape index (κ2) is 6.32. The van der Waals surface area contributed by atoms with E-state index in [2.05, 4.69) is 4.74 Å². The van der Waals surface area contributed by atoms with Crippen LogP contribution in [0.5, 0.6) is 5.75 Å². The average Bonchev–Trinajstić information content (AvgIpc) is 2.28. The van der Waals surface area contributed by atoms with E-state index in [1.165, 1.54) is 0 Å². The van der Waals surface area contributed by atoms with E-state index >= 15 is 0 Å². The quantitative estimate of drug-likeness (QED) is 0.682. The first-order valence-corrected chi connectivity index (χ1v) is 5.45. The van der Waals surface area contributed by atoms with Crippen LogP contribution in [0.25, 0.3) is 0 Å². The van der Waals surface area contributed by atoms with E-state index in [4.69, 9.17) is 0 Å². The Labute approximate surface area is 103 Å². The Morgan fingerprint density at radius 3 is 2.67 bits per heavy atom. The zero-order valence-electron chi connectivity index (χ0n) is 9.84. The second-order valence-electron chi connectivity index (χ2n) is 3.72. The fourth-order valence-electron chi connectivity index (χ4n) is 1.48. The SMILES string of the molecule is CCOC(=O)CC(O)C(O)c1ccc(F)cc1O. The summed E-state index contributed by atoms with van der Waals surface area (Å²) in [4.78, 5) is 11.1. The van der Waals surface area contributed by atoms with Gasteiger partial charge in [-0.25, -0.2) is 4.39 Å². The van der Waals surface area contributed by atoms with Crippen molar-refractivity contribution in [3.63, 3.8) is 0 Å². The van der Waals surface area contributed by atoms with Gasteiger partial charge in [-0.1, -0.05) is 0 Å². The van der Waals surface area contributed by atoms with Crippen molar-refractivity contribution in [1.82, 2.24) is 0 Å². The van der Waals surface area contributed by atoms with Crippen LogP contribution in [0.15, 0.2) is 18.2 Å². The summed E-state index contributed by atoms with van der Waals surface area (Å²) in [6, 6.07) is 2.99. The Balaban J connectivity index is 2.73. The number of aliphatic hydroxyl groups is 2. The summed E-state index contributed by atoms with van der Waals surface area (Å²) in [7, 11) is 0. The Kier molecular flexibility index (Phi) is 5.06. The standard InChI is InChI=1S/C12H15FO5/c1-2-18-11(16)6-10(15)12(17)8-4-3-7(13)5-9(8)14/h3-5,10,12,14-15,17H,2,6H2,1H3. The van der Waals surface area contributed by atoms with Gasteiger partial charge in [0.2, 0.25) is 0 Å². The molecule has 0 aliphatic rings. The molecule has 1 rings (SSSR count). The minimum atomic E-state index is -1.49. The van der Waals surface area contributed by atoms with Gasteiger partial charge in [0.15, 0.2) is 0 Å². The van der Waals surface area contributed by atoms with Crippen molar-refractivity contribution in [2.24, 2.45) is 0 Å². The van der Waals surface area contributed by atoms with Gasteiger partial charge in [-0.3, -0.25) is 4.79 Å². The number of phenolic OH excluding ortho intramolecular Hbond substituents is 1. The fraction of sp³-hybridized carbons (Fsp3) is 0.417. The minimum Gasteiger partial charge on any atom is -0.507 e. The number of hydrogen-bond acceptors (Lipinski definition) is 5. The lowest BCUT2D eigenvalue weighted by Crippen LogP contribution is -2.23. The Bertz CT molecular complexity index is 421. The molecule has 0 amide bonds. The smallest absolute Gasteiger partial charge is 0.308 e. The number of halogens is 1. The summed E-state index contributed by atoms with van der Waals surface area (Å²) in [5, 5.41) is 28.8. The van der Waals surface area contributed by atoms with Gasteiger partial charge < -0.3 is 20.1 Å². The molecule has 2 unspecified atom stereocenters. The van der Waals surface area contributed by atoms with Crippen molar-refractivity contribution in [3.8, 4) is 5.75 Å². The van der Waals surface area contributed by atoms with Crippen molar-refractivity contribution in [2.45, 2.75) is 25.6 Å². The number of hydrogen-bond donors (Lipinski definition) is 3. The molecule has 6 heteroatoms. The Morgan fingerprint density at radius 2 is 2.11 bits per heavy atom. The maximum atomic E-state index is 12.7. The summed E-state index contributed by atoms with van der Waals surface area (Å²) >= 11 is 0. The van der Waals surface area contributed by atoms with E-state index in [1.54, 1.807) is 6.92 Å². The molecule has 0 saturated carbocycles. The monoisotopic (exact) mass is 258 g/mol. The number of ether oxygens (including phenoxy) is 1. The molecule has 2 atom stereocenters. The molecule has 0 aromatic heterocycles. The molecule has 18 heavy (non-hydrogen) atoms. The molecule has 0 fully saturated rings. The first kappa shape index (κ1) is 14.4. The van der Waals surface area contributed by atoms with Crippen LogP contribution < -0.4 is 0 Å². The molecule has 5 nitrogen and oxygen atoms in total.